The van der Waals surface area contributed by atoms with Crippen LogP contribution >= 0.6 is 11.3 Å². The quantitative estimate of drug-likeness (QED) is 0.735. The van der Waals surface area contributed by atoms with Gasteiger partial charge >= 0.3 is 0 Å². The number of rotatable bonds is 3. The van der Waals surface area contributed by atoms with Crippen LogP contribution in [0.25, 0.3) is 4.96 Å². The molecule has 3 aromatic rings. The van der Waals surface area contributed by atoms with E-state index in [1.165, 1.54) is 45.9 Å². The van der Waals surface area contributed by atoms with Gasteiger partial charge in [-0.2, -0.15) is 9.61 Å². The molecule has 1 atom stereocenters. The van der Waals surface area contributed by atoms with Crippen LogP contribution in [0.4, 0.5) is 0 Å². The molecule has 0 spiro atoms. The van der Waals surface area contributed by atoms with E-state index in [0.29, 0.717) is 11.0 Å². The van der Waals surface area contributed by atoms with Gasteiger partial charge in [-0.25, -0.2) is 4.98 Å². The van der Waals surface area contributed by atoms with Crippen LogP contribution in [0.1, 0.15) is 40.7 Å². The topological polar surface area (TPSA) is 50.5 Å². The molecule has 5 nitrogen and oxygen atoms in total. The minimum atomic E-state index is -0.106. The number of benzene rings is 1. The lowest BCUT2D eigenvalue weighted by atomic mass is 9.87. The standard InChI is InChI=1S/C18H20N4OS/c1-12-10-17(23)22-18(19-12)24-16(20-22)11-21(2)15-9-5-7-13-6-3-4-8-14(13)15/h3-4,6,8,10,15H,5,7,9,11H2,1-2H3/t15-/m0/s1. The zero-order valence-corrected chi connectivity index (χ0v) is 14.7. The Balaban J connectivity index is 1.62. The van der Waals surface area contributed by atoms with Crippen molar-refractivity contribution in [1.82, 2.24) is 19.5 Å². The summed E-state index contributed by atoms with van der Waals surface area (Å²) in [6.45, 7) is 2.57. The second kappa shape index (κ2) is 6.11. The Morgan fingerprint density at radius 3 is 3.08 bits per heavy atom. The summed E-state index contributed by atoms with van der Waals surface area (Å²) in [6, 6.07) is 10.7. The normalized spacial score (nSPS) is 17.4. The first-order valence-electron chi connectivity index (χ1n) is 8.26. The summed E-state index contributed by atoms with van der Waals surface area (Å²) in [5.41, 5.74) is 3.52. The zero-order chi connectivity index (χ0) is 16.7. The molecule has 0 N–H and O–H groups in total. The van der Waals surface area contributed by atoms with Crippen molar-refractivity contribution >= 4 is 16.3 Å². The van der Waals surface area contributed by atoms with Crippen LogP contribution in [0, 0.1) is 6.92 Å². The Morgan fingerprint density at radius 1 is 1.38 bits per heavy atom. The fraction of sp³-hybridized carbons (Fsp3) is 0.389. The van der Waals surface area contributed by atoms with E-state index >= 15 is 0 Å². The van der Waals surface area contributed by atoms with Crippen molar-refractivity contribution in [3.8, 4) is 0 Å². The molecule has 1 aliphatic carbocycles. The molecule has 6 heteroatoms. The fourth-order valence-corrected chi connectivity index (χ4v) is 4.54. The molecule has 0 fully saturated rings. The molecule has 4 rings (SSSR count). The van der Waals surface area contributed by atoms with Gasteiger partial charge in [0, 0.05) is 17.8 Å². The van der Waals surface area contributed by atoms with Gasteiger partial charge < -0.3 is 0 Å². The Bertz CT molecular complexity index is 946. The van der Waals surface area contributed by atoms with Gasteiger partial charge in [0.15, 0.2) is 0 Å². The summed E-state index contributed by atoms with van der Waals surface area (Å²) in [5, 5.41) is 5.39. The maximum Gasteiger partial charge on any atom is 0.275 e. The summed E-state index contributed by atoms with van der Waals surface area (Å²) in [6.07, 6.45) is 3.54. The van der Waals surface area contributed by atoms with E-state index in [-0.39, 0.29) is 5.56 Å². The minimum Gasteiger partial charge on any atom is -0.293 e. The van der Waals surface area contributed by atoms with E-state index in [4.69, 9.17) is 0 Å². The molecule has 1 aliphatic rings. The summed E-state index contributed by atoms with van der Waals surface area (Å²) in [4.78, 5) is 19.4. The molecule has 0 aliphatic heterocycles. The predicted molar refractivity (Wildman–Crippen MR) is 95.5 cm³/mol. The number of aromatic nitrogens is 3. The molecule has 0 unspecified atom stereocenters. The van der Waals surface area contributed by atoms with Crippen molar-refractivity contribution in [2.45, 2.75) is 38.8 Å². The van der Waals surface area contributed by atoms with Crippen molar-refractivity contribution in [2.24, 2.45) is 0 Å². The molecular weight excluding hydrogens is 320 g/mol. The van der Waals surface area contributed by atoms with Crippen molar-refractivity contribution in [3.63, 3.8) is 0 Å². The van der Waals surface area contributed by atoms with Gasteiger partial charge in [-0.15, -0.1) is 0 Å². The van der Waals surface area contributed by atoms with Gasteiger partial charge in [-0.1, -0.05) is 35.6 Å². The minimum absolute atomic E-state index is 0.106. The molecule has 2 aromatic heterocycles. The monoisotopic (exact) mass is 340 g/mol. The second-order valence-electron chi connectivity index (χ2n) is 6.45. The summed E-state index contributed by atoms with van der Waals surface area (Å²) in [5.74, 6) is 0. The average Bonchev–Trinajstić information content (AvgIpc) is 2.97. The van der Waals surface area contributed by atoms with Gasteiger partial charge in [0.05, 0.1) is 6.54 Å². The maximum atomic E-state index is 12.0. The van der Waals surface area contributed by atoms with Crippen molar-refractivity contribution in [3.05, 3.63) is 62.5 Å². The van der Waals surface area contributed by atoms with Crippen LogP contribution in [-0.2, 0) is 13.0 Å². The third-order valence-electron chi connectivity index (χ3n) is 4.67. The highest BCUT2D eigenvalue weighted by Crippen LogP contribution is 2.34. The third kappa shape index (κ3) is 2.76. The van der Waals surface area contributed by atoms with Gasteiger partial charge in [-0.3, -0.25) is 9.69 Å². The van der Waals surface area contributed by atoms with Crippen LogP contribution in [0.3, 0.4) is 0 Å². The highest BCUT2D eigenvalue weighted by molar-refractivity contribution is 7.16. The first kappa shape index (κ1) is 15.5. The molecule has 0 amide bonds. The molecule has 24 heavy (non-hydrogen) atoms. The van der Waals surface area contributed by atoms with E-state index in [1.54, 1.807) is 0 Å². The van der Waals surface area contributed by atoms with Gasteiger partial charge in [0.2, 0.25) is 4.96 Å². The SMILES string of the molecule is Cc1cc(=O)n2nc(CN(C)[C@H]3CCCc4ccccc43)sc2n1. The van der Waals surface area contributed by atoms with Gasteiger partial charge in [-0.05, 0) is 44.4 Å². The summed E-state index contributed by atoms with van der Waals surface area (Å²) in [7, 11) is 2.14. The van der Waals surface area contributed by atoms with Crippen LogP contribution in [0.15, 0.2) is 35.1 Å². The number of nitrogens with zero attached hydrogens (tertiary/aromatic N) is 4. The first-order valence-corrected chi connectivity index (χ1v) is 9.08. The lowest BCUT2D eigenvalue weighted by molar-refractivity contribution is 0.212. The number of hydrogen-bond donors (Lipinski definition) is 0. The molecule has 2 heterocycles. The number of fused-ring (bicyclic) bond motifs is 2. The molecule has 0 radical (unpaired) electrons. The van der Waals surface area contributed by atoms with Crippen LogP contribution < -0.4 is 5.56 Å². The van der Waals surface area contributed by atoms with E-state index in [1.807, 2.05) is 6.92 Å². The highest BCUT2D eigenvalue weighted by atomic mass is 32.1. The zero-order valence-electron chi connectivity index (χ0n) is 13.9. The maximum absolute atomic E-state index is 12.0. The molecule has 0 saturated heterocycles. The highest BCUT2D eigenvalue weighted by Gasteiger charge is 2.24. The van der Waals surface area contributed by atoms with E-state index in [2.05, 4.69) is 46.3 Å². The fourth-order valence-electron chi connectivity index (χ4n) is 3.53. The first-order chi connectivity index (χ1) is 11.6. The third-order valence-corrected chi connectivity index (χ3v) is 5.56. The van der Waals surface area contributed by atoms with Crippen LogP contribution in [-0.4, -0.2) is 26.5 Å². The second-order valence-corrected chi connectivity index (χ2v) is 7.49. The summed E-state index contributed by atoms with van der Waals surface area (Å²) < 4.78 is 1.41. The summed E-state index contributed by atoms with van der Waals surface area (Å²) >= 11 is 1.50. The average molecular weight is 340 g/mol. The van der Waals surface area contributed by atoms with Crippen molar-refractivity contribution in [1.29, 1.82) is 0 Å². The number of aryl methyl sites for hydroxylation is 2. The lowest BCUT2D eigenvalue weighted by Crippen LogP contribution is -2.27. The Morgan fingerprint density at radius 2 is 2.21 bits per heavy atom. The van der Waals surface area contributed by atoms with Crippen LogP contribution in [0.5, 0.6) is 0 Å². The Hall–Kier alpha value is -2.05. The van der Waals surface area contributed by atoms with Crippen LogP contribution in [0.2, 0.25) is 0 Å². The van der Waals surface area contributed by atoms with Gasteiger partial charge in [0.1, 0.15) is 5.01 Å². The van der Waals surface area contributed by atoms with Gasteiger partial charge in [0.25, 0.3) is 5.56 Å². The lowest BCUT2D eigenvalue weighted by Gasteiger charge is -2.32. The molecule has 1 aromatic carbocycles. The largest absolute Gasteiger partial charge is 0.293 e. The Labute approximate surface area is 144 Å². The van der Waals surface area contributed by atoms with Crippen molar-refractivity contribution < 1.29 is 0 Å². The molecular formula is C18H20N4OS. The number of hydrogen-bond acceptors (Lipinski definition) is 5. The molecule has 124 valence electrons. The smallest absolute Gasteiger partial charge is 0.275 e. The van der Waals surface area contributed by atoms with Crippen molar-refractivity contribution in [2.75, 3.05) is 7.05 Å². The van der Waals surface area contributed by atoms with E-state index in [0.717, 1.165) is 23.7 Å². The molecule has 0 saturated carbocycles. The Kier molecular flexibility index (Phi) is 3.94. The van der Waals surface area contributed by atoms with E-state index < -0.39 is 0 Å². The predicted octanol–water partition coefficient (Wildman–Crippen LogP) is 2.97. The van der Waals surface area contributed by atoms with E-state index in [9.17, 15) is 4.79 Å². The molecule has 0 bridgehead atoms.